The second-order valence-electron chi connectivity index (χ2n) is 4.46. The zero-order valence-electron chi connectivity index (χ0n) is 11.0. The summed E-state index contributed by atoms with van der Waals surface area (Å²) in [5.41, 5.74) is 1.31. The fourth-order valence-electron chi connectivity index (χ4n) is 2.12. The van der Waals surface area contributed by atoms with E-state index in [2.05, 4.69) is 41.5 Å². The molecular formula is C15H20N2O. The molecule has 2 aromatic rings. The van der Waals surface area contributed by atoms with Crippen molar-refractivity contribution in [2.75, 3.05) is 13.7 Å². The third kappa shape index (κ3) is 3.06. The Balaban J connectivity index is 2.11. The van der Waals surface area contributed by atoms with Crippen LogP contribution in [0.15, 0.2) is 36.7 Å². The Morgan fingerprint density at radius 2 is 2.22 bits per heavy atom. The smallest absolute Gasteiger partial charge is 0.0615 e. The molecule has 18 heavy (non-hydrogen) atoms. The normalized spacial score (nSPS) is 12.8. The van der Waals surface area contributed by atoms with Crippen LogP contribution in [-0.2, 0) is 11.3 Å². The fraction of sp³-hybridized carbons (Fsp3) is 0.400. The van der Waals surface area contributed by atoms with Crippen molar-refractivity contribution < 1.29 is 4.74 Å². The summed E-state index contributed by atoms with van der Waals surface area (Å²) >= 11 is 0. The van der Waals surface area contributed by atoms with E-state index in [1.54, 1.807) is 7.11 Å². The molecule has 0 spiro atoms. The monoisotopic (exact) mass is 244 g/mol. The molecule has 1 N–H and O–H groups in total. The van der Waals surface area contributed by atoms with Gasteiger partial charge in [0, 0.05) is 37.5 Å². The molecule has 0 radical (unpaired) electrons. The number of pyridine rings is 1. The van der Waals surface area contributed by atoms with Crippen molar-refractivity contribution in [2.24, 2.45) is 0 Å². The summed E-state index contributed by atoms with van der Waals surface area (Å²) in [5.74, 6) is 0. The highest BCUT2D eigenvalue weighted by Crippen LogP contribution is 2.17. The van der Waals surface area contributed by atoms with Crippen molar-refractivity contribution in [1.29, 1.82) is 0 Å². The first-order valence-electron chi connectivity index (χ1n) is 6.39. The molecule has 1 aromatic heterocycles. The van der Waals surface area contributed by atoms with Crippen molar-refractivity contribution >= 4 is 10.8 Å². The van der Waals surface area contributed by atoms with Gasteiger partial charge in [-0.15, -0.1) is 0 Å². The predicted octanol–water partition coefficient (Wildman–Crippen LogP) is 2.75. The number of hydrogen-bond donors (Lipinski definition) is 1. The zero-order valence-corrected chi connectivity index (χ0v) is 11.0. The van der Waals surface area contributed by atoms with Crippen molar-refractivity contribution in [3.8, 4) is 0 Å². The van der Waals surface area contributed by atoms with Gasteiger partial charge in [0.2, 0.25) is 0 Å². The molecule has 3 nitrogen and oxygen atoms in total. The minimum atomic E-state index is 0.409. The standard InChI is InChI=1S/C15H20N2O/c1-3-14(11-18-2)17-10-13-6-4-5-12-9-16-8-7-15(12)13/h4-9,14,17H,3,10-11H2,1-2H3. The summed E-state index contributed by atoms with van der Waals surface area (Å²) in [6.45, 7) is 3.79. The Labute approximate surface area is 108 Å². The Bertz CT molecular complexity index is 493. The van der Waals surface area contributed by atoms with Gasteiger partial charge in [-0.3, -0.25) is 4.98 Å². The van der Waals surface area contributed by atoms with Crippen LogP contribution in [0, 0.1) is 0 Å². The number of fused-ring (bicyclic) bond motifs is 1. The van der Waals surface area contributed by atoms with E-state index in [9.17, 15) is 0 Å². The molecular weight excluding hydrogens is 224 g/mol. The van der Waals surface area contributed by atoms with Crippen molar-refractivity contribution in [3.63, 3.8) is 0 Å². The highest BCUT2D eigenvalue weighted by atomic mass is 16.5. The molecule has 1 unspecified atom stereocenters. The van der Waals surface area contributed by atoms with E-state index in [1.165, 1.54) is 16.3 Å². The number of nitrogens with zero attached hydrogens (tertiary/aromatic N) is 1. The number of benzene rings is 1. The lowest BCUT2D eigenvalue weighted by atomic mass is 10.1. The average Bonchev–Trinajstić information content (AvgIpc) is 2.43. The third-order valence-corrected chi connectivity index (χ3v) is 3.21. The Kier molecular flexibility index (Phi) is 4.67. The first-order valence-corrected chi connectivity index (χ1v) is 6.39. The van der Waals surface area contributed by atoms with Crippen molar-refractivity contribution in [2.45, 2.75) is 25.9 Å². The van der Waals surface area contributed by atoms with Crippen molar-refractivity contribution in [1.82, 2.24) is 10.3 Å². The van der Waals surface area contributed by atoms with Gasteiger partial charge < -0.3 is 10.1 Å². The van der Waals surface area contributed by atoms with Crippen LogP contribution in [0.25, 0.3) is 10.8 Å². The summed E-state index contributed by atoms with van der Waals surface area (Å²) in [7, 11) is 1.74. The molecule has 1 aromatic carbocycles. The lowest BCUT2D eigenvalue weighted by Crippen LogP contribution is -2.32. The maximum Gasteiger partial charge on any atom is 0.0615 e. The average molecular weight is 244 g/mol. The van der Waals surface area contributed by atoms with Crippen LogP contribution in [-0.4, -0.2) is 24.7 Å². The second-order valence-corrected chi connectivity index (χ2v) is 4.46. The summed E-state index contributed by atoms with van der Waals surface area (Å²) in [6, 6.07) is 8.82. The van der Waals surface area contributed by atoms with E-state index >= 15 is 0 Å². The Morgan fingerprint density at radius 3 is 3.00 bits per heavy atom. The van der Waals surface area contributed by atoms with E-state index in [4.69, 9.17) is 4.74 Å². The summed E-state index contributed by atoms with van der Waals surface area (Å²) in [6.07, 6.45) is 4.82. The fourth-order valence-corrected chi connectivity index (χ4v) is 2.12. The van der Waals surface area contributed by atoms with E-state index in [0.717, 1.165) is 19.6 Å². The second kappa shape index (κ2) is 6.47. The van der Waals surface area contributed by atoms with Gasteiger partial charge in [0.05, 0.1) is 6.61 Å². The summed E-state index contributed by atoms with van der Waals surface area (Å²) in [5, 5.41) is 6.00. The minimum Gasteiger partial charge on any atom is -0.383 e. The van der Waals surface area contributed by atoms with E-state index in [1.807, 2.05) is 12.4 Å². The van der Waals surface area contributed by atoms with E-state index in [0.29, 0.717) is 6.04 Å². The van der Waals surface area contributed by atoms with Gasteiger partial charge in [0.25, 0.3) is 0 Å². The molecule has 0 saturated heterocycles. The SMILES string of the molecule is CCC(COC)NCc1cccc2cnccc12. The number of ether oxygens (including phenoxy) is 1. The van der Waals surface area contributed by atoms with Gasteiger partial charge in [-0.05, 0) is 23.4 Å². The quantitative estimate of drug-likeness (QED) is 0.848. The molecule has 0 aliphatic rings. The van der Waals surface area contributed by atoms with Crippen LogP contribution in [0.1, 0.15) is 18.9 Å². The first kappa shape index (κ1) is 13.0. The number of nitrogens with one attached hydrogen (secondary N) is 1. The van der Waals surface area contributed by atoms with Gasteiger partial charge in [0.1, 0.15) is 0 Å². The number of aromatic nitrogens is 1. The van der Waals surface area contributed by atoms with Crippen LogP contribution < -0.4 is 5.32 Å². The van der Waals surface area contributed by atoms with Gasteiger partial charge in [-0.25, -0.2) is 0 Å². The van der Waals surface area contributed by atoms with Gasteiger partial charge in [0.15, 0.2) is 0 Å². The van der Waals surface area contributed by atoms with Crippen LogP contribution in [0.5, 0.6) is 0 Å². The predicted molar refractivity (Wildman–Crippen MR) is 74.5 cm³/mol. The maximum absolute atomic E-state index is 5.20. The Hall–Kier alpha value is -1.45. The van der Waals surface area contributed by atoms with Gasteiger partial charge >= 0.3 is 0 Å². The van der Waals surface area contributed by atoms with Crippen molar-refractivity contribution in [3.05, 3.63) is 42.2 Å². The van der Waals surface area contributed by atoms with E-state index < -0.39 is 0 Å². The lowest BCUT2D eigenvalue weighted by Gasteiger charge is -2.16. The first-order chi connectivity index (χ1) is 8.85. The summed E-state index contributed by atoms with van der Waals surface area (Å²) in [4.78, 5) is 4.15. The molecule has 2 rings (SSSR count). The zero-order chi connectivity index (χ0) is 12.8. The molecule has 0 bridgehead atoms. The molecule has 0 aliphatic carbocycles. The topological polar surface area (TPSA) is 34.1 Å². The lowest BCUT2D eigenvalue weighted by molar-refractivity contribution is 0.164. The third-order valence-electron chi connectivity index (χ3n) is 3.21. The van der Waals surface area contributed by atoms with Crippen LogP contribution in [0.3, 0.4) is 0 Å². The molecule has 0 amide bonds. The highest BCUT2D eigenvalue weighted by molar-refractivity contribution is 5.84. The van der Waals surface area contributed by atoms with E-state index in [-0.39, 0.29) is 0 Å². The maximum atomic E-state index is 5.20. The molecule has 0 saturated carbocycles. The largest absolute Gasteiger partial charge is 0.383 e. The molecule has 1 atom stereocenters. The number of methoxy groups -OCH3 is 1. The molecule has 3 heteroatoms. The van der Waals surface area contributed by atoms with Crippen LogP contribution in [0.4, 0.5) is 0 Å². The van der Waals surface area contributed by atoms with Crippen LogP contribution in [0.2, 0.25) is 0 Å². The molecule has 1 heterocycles. The van der Waals surface area contributed by atoms with Gasteiger partial charge in [-0.2, -0.15) is 0 Å². The molecule has 0 fully saturated rings. The number of rotatable bonds is 6. The Morgan fingerprint density at radius 1 is 1.33 bits per heavy atom. The number of hydrogen-bond acceptors (Lipinski definition) is 3. The van der Waals surface area contributed by atoms with Gasteiger partial charge in [-0.1, -0.05) is 25.1 Å². The molecule has 0 aliphatic heterocycles. The molecule has 96 valence electrons. The highest BCUT2D eigenvalue weighted by Gasteiger charge is 2.06. The van der Waals surface area contributed by atoms with Crippen LogP contribution >= 0.6 is 0 Å². The minimum absolute atomic E-state index is 0.409. The summed E-state index contributed by atoms with van der Waals surface area (Å²) < 4.78 is 5.20.